The highest BCUT2D eigenvalue weighted by molar-refractivity contribution is 5.72. The molecule has 0 spiro atoms. The quantitative estimate of drug-likeness (QED) is 0.372. The Morgan fingerprint density at radius 2 is 2.20 bits per heavy atom. The maximum absolute atomic E-state index is 10.8. The summed E-state index contributed by atoms with van der Waals surface area (Å²) in [6.45, 7) is 0. The Hall–Kier alpha value is -0.790. The lowest BCUT2D eigenvalue weighted by Crippen LogP contribution is -2.16. The molecule has 1 heterocycles. The Kier molecular flexibility index (Phi) is 1.26. The minimum Gasteiger partial charge on any atom is -0.462 e. The summed E-state index contributed by atoms with van der Waals surface area (Å²) in [4.78, 5) is 10.8. The highest BCUT2D eigenvalue weighted by Gasteiger charge is 2.34. The minimum atomic E-state index is -0.0151. The molecule has 1 saturated heterocycles. The molecule has 54 valence electrons. The number of allylic oxidation sites excluding steroid dienone is 1. The molecule has 0 aromatic carbocycles. The maximum atomic E-state index is 10.8. The molecule has 0 aromatic heterocycles. The van der Waals surface area contributed by atoms with Crippen LogP contribution in [0.3, 0.4) is 0 Å². The molecular formula is C8H10O2. The van der Waals surface area contributed by atoms with Gasteiger partial charge in [0.1, 0.15) is 6.10 Å². The average molecular weight is 138 g/mol. The van der Waals surface area contributed by atoms with Crippen LogP contribution in [0.4, 0.5) is 0 Å². The van der Waals surface area contributed by atoms with Gasteiger partial charge in [-0.25, -0.2) is 0 Å². The third kappa shape index (κ3) is 0.838. The Labute approximate surface area is 59.9 Å². The molecule has 0 bridgehead atoms. The van der Waals surface area contributed by atoms with E-state index in [0.717, 1.165) is 12.8 Å². The van der Waals surface area contributed by atoms with Crippen LogP contribution < -0.4 is 0 Å². The standard InChI is InChI=1S/C8H10O2/c9-8-5-6-3-1-2-4-7(6)10-8/h1-2,6-7H,3-5H2/t6-,7-/m0/s1. The average Bonchev–Trinajstić information content (AvgIpc) is 2.27. The van der Waals surface area contributed by atoms with E-state index in [9.17, 15) is 4.79 Å². The lowest BCUT2D eigenvalue weighted by atomic mass is 9.91. The largest absolute Gasteiger partial charge is 0.462 e. The molecule has 2 rings (SSSR count). The van der Waals surface area contributed by atoms with E-state index < -0.39 is 0 Å². The zero-order chi connectivity index (χ0) is 6.97. The second kappa shape index (κ2) is 2.11. The van der Waals surface area contributed by atoms with Gasteiger partial charge in [0, 0.05) is 12.3 Å². The fraction of sp³-hybridized carbons (Fsp3) is 0.625. The van der Waals surface area contributed by atoms with Crippen LogP contribution in [0.15, 0.2) is 12.2 Å². The van der Waals surface area contributed by atoms with Gasteiger partial charge in [-0.1, -0.05) is 12.2 Å². The first-order valence-corrected chi connectivity index (χ1v) is 3.71. The fourth-order valence-corrected chi connectivity index (χ4v) is 1.64. The third-order valence-corrected chi connectivity index (χ3v) is 2.21. The molecule has 2 heteroatoms. The summed E-state index contributed by atoms with van der Waals surface area (Å²) in [7, 11) is 0. The Bertz CT molecular complexity index is 166. The lowest BCUT2D eigenvalue weighted by molar-refractivity contribution is -0.141. The first-order valence-electron chi connectivity index (χ1n) is 3.71. The number of fused-ring (bicyclic) bond motifs is 1. The van der Waals surface area contributed by atoms with E-state index in [4.69, 9.17) is 4.74 Å². The zero-order valence-corrected chi connectivity index (χ0v) is 5.75. The number of carbonyl (C=O) groups is 1. The normalized spacial score (nSPS) is 37.4. The van der Waals surface area contributed by atoms with Crippen molar-refractivity contribution < 1.29 is 9.53 Å². The molecule has 0 saturated carbocycles. The fourth-order valence-electron chi connectivity index (χ4n) is 1.64. The molecule has 10 heavy (non-hydrogen) atoms. The van der Waals surface area contributed by atoms with Gasteiger partial charge in [0.25, 0.3) is 0 Å². The van der Waals surface area contributed by atoms with E-state index in [1.807, 2.05) is 0 Å². The van der Waals surface area contributed by atoms with Gasteiger partial charge in [-0.2, -0.15) is 0 Å². The second-order valence-corrected chi connectivity index (χ2v) is 2.94. The number of hydrogen-bond donors (Lipinski definition) is 0. The smallest absolute Gasteiger partial charge is 0.306 e. The lowest BCUT2D eigenvalue weighted by Gasteiger charge is -2.17. The van der Waals surface area contributed by atoms with Crippen LogP contribution in [-0.4, -0.2) is 12.1 Å². The van der Waals surface area contributed by atoms with E-state index in [0.29, 0.717) is 12.3 Å². The molecule has 2 aliphatic rings. The van der Waals surface area contributed by atoms with Gasteiger partial charge in [0.15, 0.2) is 0 Å². The molecule has 1 aliphatic heterocycles. The number of esters is 1. The SMILES string of the molecule is O=C1C[C@@H]2CC=CC[C@@H]2O1. The predicted octanol–water partition coefficient (Wildman–Crippen LogP) is 1.27. The zero-order valence-electron chi connectivity index (χ0n) is 5.75. The van der Waals surface area contributed by atoms with E-state index >= 15 is 0 Å². The summed E-state index contributed by atoms with van der Waals surface area (Å²) < 4.78 is 5.08. The molecule has 0 N–H and O–H groups in total. The predicted molar refractivity (Wildman–Crippen MR) is 36.4 cm³/mol. The molecular weight excluding hydrogens is 128 g/mol. The molecule has 0 radical (unpaired) electrons. The van der Waals surface area contributed by atoms with E-state index in [1.54, 1.807) is 0 Å². The first kappa shape index (κ1) is 5.96. The van der Waals surface area contributed by atoms with Gasteiger partial charge in [-0.05, 0) is 6.42 Å². The second-order valence-electron chi connectivity index (χ2n) is 2.94. The van der Waals surface area contributed by atoms with Gasteiger partial charge in [-0.3, -0.25) is 4.79 Å². The van der Waals surface area contributed by atoms with Gasteiger partial charge in [-0.15, -0.1) is 0 Å². The monoisotopic (exact) mass is 138 g/mol. The van der Waals surface area contributed by atoms with Crippen LogP contribution in [0, 0.1) is 5.92 Å². The molecule has 0 amide bonds. The summed E-state index contributed by atoms with van der Waals surface area (Å²) >= 11 is 0. The number of carbonyl (C=O) groups excluding carboxylic acids is 1. The van der Waals surface area contributed by atoms with Crippen molar-refractivity contribution in [3.8, 4) is 0 Å². The van der Waals surface area contributed by atoms with Gasteiger partial charge < -0.3 is 4.74 Å². The highest BCUT2D eigenvalue weighted by atomic mass is 16.5. The van der Waals surface area contributed by atoms with Gasteiger partial charge in [0.2, 0.25) is 0 Å². The maximum Gasteiger partial charge on any atom is 0.306 e. The Balaban J connectivity index is 2.11. The molecule has 1 fully saturated rings. The van der Waals surface area contributed by atoms with Crippen molar-refractivity contribution in [3.63, 3.8) is 0 Å². The topological polar surface area (TPSA) is 26.3 Å². The molecule has 1 aliphatic carbocycles. The van der Waals surface area contributed by atoms with E-state index in [2.05, 4.69) is 12.2 Å². The van der Waals surface area contributed by atoms with Gasteiger partial charge >= 0.3 is 5.97 Å². The van der Waals surface area contributed by atoms with E-state index in [-0.39, 0.29) is 12.1 Å². The van der Waals surface area contributed by atoms with Crippen LogP contribution in [-0.2, 0) is 9.53 Å². The van der Waals surface area contributed by atoms with E-state index in [1.165, 1.54) is 0 Å². The van der Waals surface area contributed by atoms with Crippen molar-refractivity contribution >= 4 is 5.97 Å². The molecule has 0 unspecified atom stereocenters. The third-order valence-electron chi connectivity index (χ3n) is 2.21. The first-order chi connectivity index (χ1) is 4.86. The summed E-state index contributed by atoms with van der Waals surface area (Å²) in [5.41, 5.74) is 0. The summed E-state index contributed by atoms with van der Waals surface area (Å²) in [5.74, 6) is 0.469. The molecule has 2 atom stereocenters. The van der Waals surface area contributed by atoms with Crippen molar-refractivity contribution in [1.29, 1.82) is 0 Å². The Morgan fingerprint density at radius 3 is 3.00 bits per heavy atom. The summed E-state index contributed by atoms with van der Waals surface area (Å²) in [5, 5.41) is 0. The van der Waals surface area contributed by atoms with Crippen molar-refractivity contribution in [2.24, 2.45) is 5.92 Å². The van der Waals surface area contributed by atoms with Crippen molar-refractivity contribution in [1.82, 2.24) is 0 Å². The number of rotatable bonds is 0. The Morgan fingerprint density at radius 1 is 1.40 bits per heavy atom. The van der Waals surface area contributed by atoms with Crippen molar-refractivity contribution in [3.05, 3.63) is 12.2 Å². The van der Waals surface area contributed by atoms with Crippen LogP contribution in [0.2, 0.25) is 0 Å². The molecule has 0 aromatic rings. The number of ether oxygens (including phenoxy) is 1. The summed E-state index contributed by atoms with van der Waals surface area (Å²) in [6.07, 6.45) is 7.03. The highest BCUT2D eigenvalue weighted by Crippen LogP contribution is 2.30. The van der Waals surface area contributed by atoms with Crippen molar-refractivity contribution in [2.75, 3.05) is 0 Å². The van der Waals surface area contributed by atoms with Crippen molar-refractivity contribution in [2.45, 2.75) is 25.4 Å². The van der Waals surface area contributed by atoms with Crippen LogP contribution in [0.5, 0.6) is 0 Å². The summed E-state index contributed by atoms with van der Waals surface area (Å²) in [6, 6.07) is 0. The number of hydrogen-bond acceptors (Lipinski definition) is 2. The van der Waals surface area contributed by atoms with Gasteiger partial charge in [0.05, 0.1) is 6.42 Å². The van der Waals surface area contributed by atoms with Crippen LogP contribution in [0.25, 0.3) is 0 Å². The molecule has 2 nitrogen and oxygen atoms in total. The minimum absolute atomic E-state index is 0.0151. The van der Waals surface area contributed by atoms with Crippen LogP contribution >= 0.6 is 0 Å². The van der Waals surface area contributed by atoms with Crippen LogP contribution in [0.1, 0.15) is 19.3 Å².